The minimum absolute atomic E-state index is 0.0527. The van der Waals surface area contributed by atoms with Crippen molar-refractivity contribution in [2.24, 2.45) is 0 Å². The van der Waals surface area contributed by atoms with Crippen molar-refractivity contribution < 1.29 is 9.53 Å². The molecule has 1 heterocycles. The summed E-state index contributed by atoms with van der Waals surface area (Å²) in [6.07, 6.45) is 2.25. The van der Waals surface area contributed by atoms with Gasteiger partial charge in [-0.05, 0) is 30.5 Å². The fourth-order valence-electron chi connectivity index (χ4n) is 2.22. The molecule has 1 fully saturated rings. The van der Waals surface area contributed by atoms with Crippen LogP contribution in [0.2, 0.25) is 5.02 Å². The Morgan fingerprint density at radius 1 is 1.44 bits per heavy atom. The number of carbonyl (C=O) groups excluding carboxylic acids is 1. The van der Waals surface area contributed by atoms with Crippen LogP contribution in [-0.4, -0.2) is 18.6 Å². The van der Waals surface area contributed by atoms with E-state index < -0.39 is 0 Å². The Morgan fingerprint density at radius 2 is 2.17 bits per heavy atom. The topological polar surface area (TPSA) is 38.3 Å². The number of rotatable bonds is 4. The van der Waals surface area contributed by atoms with E-state index in [2.05, 4.69) is 5.32 Å². The van der Waals surface area contributed by atoms with Gasteiger partial charge in [0.05, 0.1) is 6.04 Å². The highest BCUT2D eigenvalue weighted by molar-refractivity contribution is 6.30. The number of benzene rings is 1. The summed E-state index contributed by atoms with van der Waals surface area (Å²) in [4.78, 5) is 11.6. The molecule has 1 aromatic rings. The average molecular weight is 268 g/mol. The second-order valence-electron chi connectivity index (χ2n) is 4.56. The summed E-state index contributed by atoms with van der Waals surface area (Å²) in [5.74, 6) is 0.104. The van der Waals surface area contributed by atoms with Gasteiger partial charge >= 0.3 is 0 Å². The van der Waals surface area contributed by atoms with Crippen molar-refractivity contribution in [3.63, 3.8) is 0 Å². The van der Waals surface area contributed by atoms with Crippen molar-refractivity contribution in [3.05, 3.63) is 34.9 Å². The van der Waals surface area contributed by atoms with Gasteiger partial charge in [0.2, 0.25) is 5.91 Å². The summed E-state index contributed by atoms with van der Waals surface area (Å²) < 4.78 is 5.71. The van der Waals surface area contributed by atoms with Crippen molar-refractivity contribution in [2.45, 2.75) is 38.3 Å². The van der Waals surface area contributed by atoms with E-state index in [4.69, 9.17) is 16.3 Å². The van der Waals surface area contributed by atoms with Crippen molar-refractivity contribution in [1.82, 2.24) is 5.32 Å². The van der Waals surface area contributed by atoms with E-state index in [1.54, 1.807) is 0 Å². The average Bonchev–Trinajstić information content (AvgIpc) is 2.78. The van der Waals surface area contributed by atoms with Gasteiger partial charge in [0, 0.05) is 18.1 Å². The van der Waals surface area contributed by atoms with E-state index >= 15 is 0 Å². The summed E-state index contributed by atoms with van der Waals surface area (Å²) >= 11 is 5.87. The fraction of sp³-hybridized carbons (Fsp3) is 0.500. The molecule has 0 unspecified atom stereocenters. The highest BCUT2D eigenvalue weighted by Crippen LogP contribution is 2.29. The minimum atomic E-state index is -0.0527. The number of amides is 1. The van der Waals surface area contributed by atoms with Gasteiger partial charge in [0.25, 0.3) is 0 Å². The summed E-state index contributed by atoms with van der Waals surface area (Å²) in [6, 6.07) is 7.69. The second kappa shape index (κ2) is 6.21. The van der Waals surface area contributed by atoms with Crippen LogP contribution in [0.25, 0.3) is 0 Å². The van der Waals surface area contributed by atoms with Gasteiger partial charge in [-0.15, -0.1) is 0 Å². The Kier molecular flexibility index (Phi) is 4.61. The third kappa shape index (κ3) is 3.24. The zero-order valence-corrected chi connectivity index (χ0v) is 11.2. The normalized spacial score (nSPS) is 23.0. The predicted molar refractivity (Wildman–Crippen MR) is 71.6 cm³/mol. The lowest BCUT2D eigenvalue weighted by Gasteiger charge is -2.20. The number of ether oxygens (including phenoxy) is 1. The lowest BCUT2D eigenvalue weighted by molar-refractivity contribution is -0.122. The third-order valence-electron chi connectivity index (χ3n) is 3.11. The smallest absolute Gasteiger partial charge is 0.220 e. The van der Waals surface area contributed by atoms with Gasteiger partial charge < -0.3 is 10.1 Å². The first-order valence-corrected chi connectivity index (χ1v) is 6.75. The van der Waals surface area contributed by atoms with Gasteiger partial charge in [-0.25, -0.2) is 0 Å². The molecule has 0 spiro atoms. The van der Waals surface area contributed by atoms with Crippen LogP contribution in [-0.2, 0) is 9.53 Å². The standard InChI is InChI=1S/C14H18ClNO2/c1-2-3-13(17)16-12-8-9-18-14(12)10-4-6-11(15)7-5-10/h4-7,12,14H,2-3,8-9H2,1H3,(H,16,17)/t12-,14+/m0/s1. The molecule has 1 aromatic carbocycles. The first-order chi connectivity index (χ1) is 8.70. The predicted octanol–water partition coefficient (Wildman–Crippen LogP) is 3.09. The Bertz CT molecular complexity index is 405. The molecule has 2 atom stereocenters. The lowest BCUT2D eigenvalue weighted by Crippen LogP contribution is -2.36. The molecule has 0 aromatic heterocycles. The SMILES string of the molecule is CCCC(=O)N[C@H]1CCO[C@@H]1c1ccc(Cl)cc1. The summed E-state index contributed by atoms with van der Waals surface area (Å²) in [6.45, 7) is 2.69. The van der Waals surface area contributed by atoms with E-state index in [9.17, 15) is 4.79 Å². The maximum atomic E-state index is 11.6. The number of carbonyl (C=O) groups is 1. The molecule has 1 N–H and O–H groups in total. The monoisotopic (exact) mass is 267 g/mol. The maximum absolute atomic E-state index is 11.6. The highest BCUT2D eigenvalue weighted by atomic mass is 35.5. The molecule has 3 nitrogen and oxygen atoms in total. The van der Waals surface area contributed by atoms with Crippen LogP contribution in [0.3, 0.4) is 0 Å². The molecular weight excluding hydrogens is 250 g/mol. The van der Waals surface area contributed by atoms with Crippen LogP contribution in [0.4, 0.5) is 0 Å². The minimum Gasteiger partial charge on any atom is -0.371 e. The van der Waals surface area contributed by atoms with Crippen LogP contribution in [0, 0.1) is 0 Å². The lowest BCUT2D eigenvalue weighted by atomic mass is 10.0. The summed E-state index contributed by atoms with van der Waals surface area (Å²) in [7, 11) is 0. The molecule has 4 heteroatoms. The molecule has 0 radical (unpaired) electrons. The first-order valence-electron chi connectivity index (χ1n) is 6.37. The molecule has 2 rings (SSSR count). The van der Waals surface area contributed by atoms with Crippen LogP contribution >= 0.6 is 11.6 Å². The van der Waals surface area contributed by atoms with Gasteiger partial charge in [-0.2, -0.15) is 0 Å². The molecule has 0 bridgehead atoms. The molecule has 98 valence electrons. The summed E-state index contributed by atoms with van der Waals surface area (Å²) in [5.41, 5.74) is 1.07. The number of halogens is 1. The molecule has 0 saturated carbocycles. The van der Waals surface area contributed by atoms with Crippen molar-refractivity contribution >= 4 is 17.5 Å². The van der Waals surface area contributed by atoms with Gasteiger partial charge in [-0.1, -0.05) is 30.7 Å². The van der Waals surface area contributed by atoms with Crippen LogP contribution < -0.4 is 5.32 Å². The summed E-state index contributed by atoms with van der Waals surface area (Å²) in [5, 5.41) is 3.76. The molecule has 18 heavy (non-hydrogen) atoms. The van der Waals surface area contributed by atoms with Crippen molar-refractivity contribution in [2.75, 3.05) is 6.61 Å². The largest absolute Gasteiger partial charge is 0.371 e. The Morgan fingerprint density at radius 3 is 2.83 bits per heavy atom. The fourth-order valence-corrected chi connectivity index (χ4v) is 2.35. The zero-order chi connectivity index (χ0) is 13.0. The Balaban J connectivity index is 2.03. The Hall–Kier alpha value is -1.06. The first kappa shape index (κ1) is 13.4. The zero-order valence-electron chi connectivity index (χ0n) is 10.5. The number of hydrogen-bond donors (Lipinski definition) is 1. The van der Waals surface area contributed by atoms with Crippen molar-refractivity contribution in [1.29, 1.82) is 0 Å². The van der Waals surface area contributed by atoms with E-state index in [1.807, 2.05) is 31.2 Å². The van der Waals surface area contributed by atoms with E-state index in [1.165, 1.54) is 0 Å². The van der Waals surface area contributed by atoms with E-state index in [-0.39, 0.29) is 18.1 Å². The van der Waals surface area contributed by atoms with Crippen LogP contribution in [0.15, 0.2) is 24.3 Å². The highest BCUT2D eigenvalue weighted by Gasteiger charge is 2.30. The van der Waals surface area contributed by atoms with Crippen molar-refractivity contribution in [3.8, 4) is 0 Å². The van der Waals surface area contributed by atoms with Gasteiger partial charge in [0.15, 0.2) is 0 Å². The molecule has 1 amide bonds. The van der Waals surface area contributed by atoms with Gasteiger partial charge in [0.1, 0.15) is 6.10 Å². The second-order valence-corrected chi connectivity index (χ2v) is 4.99. The molecule has 0 aliphatic carbocycles. The number of hydrogen-bond acceptors (Lipinski definition) is 2. The van der Waals surface area contributed by atoms with Crippen LogP contribution in [0.5, 0.6) is 0 Å². The van der Waals surface area contributed by atoms with E-state index in [0.717, 1.165) is 18.4 Å². The maximum Gasteiger partial charge on any atom is 0.220 e. The third-order valence-corrected chi connectivity index (χ3v) is 3.37. The molecule has 1 aliphatic heterocycles. The molecule has 1 aliphatic rings. The Labute approximate surface area is 112 Å². The molecular formula is C14H18ClNO2. The quantitative estimate of drug-likeness (QED) is 0.910. The van der Waals surface area contributed by atoms with E-state index in [0.29, 0.717) is 18.1 Å². The number of nitrogens with one attached hydrogen (secondary N) is 1. The van der Waals surface area contributed by atoms with Crippen LogP contribution in [0.1, 0.15) is 37.9 Å². The molecule has 1 saturated heterocycles. The van der Waals surface area contributed by atoms with Gasteiger partial charge in [-0.3, -0.25) is 4.79 Å².